The minimum Gasteiger partial charge on any atom is -0.378 e. The Morgan fingerprint density at radius 1 is 1.56 bits per heavy atom. The second-order valence-electron chi connectivity index (χ2n) is 4.25. The van der Waals surface area contributed by atoms with Crippen LogP contribution in [0.4, 0.5) is 4.39 Å². The maximum atomic E-state index is 13.4. The summed E-state index contributed by atoms with van der Waals surface area (Å²) in [6.07, 6.45) is 2.17. The van der Waals surface area contributed by atoms with Crippen LogP contribution < -0.4 is 0 Å². The molecule has 86 valence electrons. The van der Waals surface area contributed by atoms with Gasteiger partial charge in [0.2, 0.25) is 0 Å². The van der Waals surface area contributed by atoms with Crippen molar-refractivity contribution in [3.63, 3.8) is 0 Å². The molecule has 1 aliphatic heterocycles. The van der Waals surface area contributed by atoms with Gasteiger partial charge >= 0.3 is 0 Å². The first-order valence-electron chi connectivity index (χ1n) is 5.58. The number of hydrogen-bond donors (Lipinski definition) is 0. The summed E-state index contributed by atoms with van der Waals surface area (Å²) >= 11 is 0. The third-order valence-electron chi connectivity index (χ3n) is 2.86. The molecule has 1 heterocycles. The summed E-state index contributed by atoms with van der Waals surface area (Å²) < 4.78 is 18.8. The van der Waals surface area contributed by atoms with E-state index in [2.05, 4.69) is 0 Å². The summed E-state index contributed by atoms with van der Waals surface area (Å²) in [6.45, 7) is 2.57. The van der Waals surface area contributed by atoms with E-state index >= 15 is 0 Å². The van der Waals surface area contributed by atoms with Gasteiger partial charge in [-0.25, -0.2) is 4.39 Å². The zero-order chi connectivity index (χ0) is 11.5. The van der Waals surface area contributed by atoms with Crippen LogP contribution in [0.25, 0.3) is 0 Å². The van der Waals surface area contributed by atoms with Crippen LogP contribution in [0.3, 0.4) is 0 Å². The van der Waals surface area contributed by atoms with E-state index in [1.165, 1.54) is 6.07 Å². The van der Waals surface area contributed by atoms with Crippen LogP contribution in [-0.2, 0) is 4.74 Å². The lowest BCUT2D eigenvalue weighted by Gasteiger charge is -2.09. The van der Waals surface area contributed by atoms with Crippen LogP contribution in [0.2, 0.25) is 0 Å². The molecule has 0 aromatic heterocycles. The second kappa shape index (κ2) is 4.74. The number of halogens is 1. The first kappa shape index (κ1) is 11.3. The Morgan fingerprint density at radius 2 is 2.38 bits per heavy atom. The maximum Gasteiger partial charge on any atom is 0.168 e. The highest BCUT2D eigenvalue weighted by Gasteiger charge is 2.21. The third-order valence-corrected chi connectivity index (χ3v) is 2.86. The molecule has 2 rings (SSSR count). The molecule has 0 amide bonds. The molecule has 1 aromatic rings. The molecule has 1 atom stereocenters. The number of carbonyl (C=O) groups is 1. The Morgan fingerprint density at radius 3 is 3.06 bits per heavy atom. The van der Waals surface area contributed by atoms with E-state index in [4.69, 9.17) is 4.74 Å². The maximum absolute atomic E-state index is 13.4. The minimum absolute atomic E-state index is 0.0209. The summed E-state index contributed by atoms with van der Waals surface area (Å²) in [5.41, 5.74) is 1.09. The highest BCUT2D eigenvalue weighted by molar-refractivity contribution is 5.96. The van der Waals surface area contributed by atoms with Crippen molar-refractivity contribution in [2.24, 2.45) is 0 Å². The van der Waals surface area contributed by atoms with E-state index in [-0.39, 0.29) is 17.5 Å². The number of Topliss-reactive ketones (excluding diaryl/α,β-unsaturated/α-hetero) is 1. The number of ketones is 1. The van der Waals surface area contributed by atoms with Gasteiger partial charge in [0.05, 0.1) is 11.7 Å². The molecule has 0 N–H and O–H groups in total. The average Bonchev–Trinajstić information content (AvgIpc) is 2.74. The van der Waals surface area contributed by atoms with Gasteiger partial charge in [-0.1, -0.05) is 11.6 Å². The summed E-state index contributed by atoms with van der Waals surface area (Å²) in [7, 11) is 0. The highest BCUT2D eigenvalue weighted by atomic mass is 19.1. The van der Waals surface area contributed by atoms with Gasteiger partial charge in [-0.3, -0.25) is 4.79 Å². The van der Waals surface area contributed by atoms with Crippen molar-refractivity contribution in [2.45, 2.75) is 32.3 Å². The number of benzene rings is 1. The van der Waals surface area contributed by atoms with Gasteiger partial charge in [0, 0.05) is 13.0 Å². The van der Waals surface area contributed by atoms with Gasteiger partial charge in [0.1, 0.15) is 5.82 Å². The van der Waals surface area contributed by atoms with Crippen molar-refractivity contribution in [1.82, 2.24) is 0 Å². The fourth-order valence-corrected chi connectivity index (χ4v) is 1.97. The molecule has 16 heavy (non-hydrogen) atoms. The molecular weight excluding hydrogens is 207 g/mol. The van der Waals surface area contributed by atoms with E-state index in [9.17, 15) is 9.18 Å². The van der Waals surface area contributed by atoms with Crippen molar-refractivity contribution >= 4 is 5.78 Å². The van der Waals surface area contributed by atoms with Gasteiger partial charge in [-0.05, 0) is 31.9 Å². The lowest BCUT2D eigenvalue weighted by molar-refractivity contribution is 0.0772. The predicted molar refractivity (Wildman–Crippen MR) is 59.1 cm³/mol. The van der Waals surface area contributed by atoms with Crippen molar-refractivity contribution in [3.05, 3.63) is 35.1 Å². The Labute approximate surface area is 94.4 Å². The fourth-order valence-electron chi connectivity index (χ4n) is 1.97. The molecular formula is C13H15FO2. The Hall–Kier alpha value is -1.22. The van der Waals surface area contributed by atoms with Crippen molar-refractivity contribution < 1.29 is 13.9 Å². The van der Waals surface area contributed by atoms with E-state index in [1.807, 2.05) is 6.92 Å². The Bertz CT molecular complexity index is 395. The SMILES string of the molecule is Cc1ccc(F)c(C(=O)CC2CCCO2)c1. The number of ether oxygens (including phenoxy) is 1. The standard InChI is InChI=1S/C13H15FO2/c1-9-4-5-12(14)11(7-9)13(15)8-10-3-2-6-16-10/h4-5,7,10H,2-3,6,8H2,1H3. The first-order chi connectivity index (χ1) is 7.66. The quantitative estimate of drug-likeness (QED) is 0.735. The fraction of sp³-hybridized carbons (Fsp3) is 0.462. The zero-order valence-corrected chi connectivity index (χ0v) is 9.33. The summed E-state index contributed by atoms with van der Waals surface area (Å²) in [6, 6.07) is 4.61. The minimum atomic E-state index is -0.436. The molecule has 1 fully saturated rings. The topological polar surface area (TPSA) is 26.3 Å². The molecule has 0 saturated carbocycles. The first-order valence-corrected chi connectivity index (χ1v) is 5.58. The molecule has 0 aliphatic carbocycles. The van der Waals surface area contributed by atoms with Crippen LogP contribution >= 0.6 is 0 Å². The van der Waals surface area contributed by atoms with Crippen LogP contribution in [0.5, 0.6) is 0 Å². The van der Waals surface area contributed by atoms with Gasteiger partial charge in [-0.2, -0.15) is 0 Å². The summed E-state index contributed by atoms with van der Waals surface area (Å²) in [5.74, 6) is -0.596. The summed E-state index contributed by atoms with van der Waals surface area (Å²) in [5, 5.41) is 0. The van der Waals surface area contributed by atoms with Crippen molar-refractivity contribution in [3.8, 4) is 0 Å². The molecule has 2 nitrogen and oxygen atoms in total. The van der Waals surface area contributed by atoms with E-state index in [0.717, 1.165) is 18.4 Å². The van der Waals surface area contributed by atoms with E-state index in [1.54, 1.807) is 12.1 Å². The molecule has 1 aliphatic rings. The smallest absolute Gasteiger partial charge is 0.168 e. The van der Waals surface area contributed by atoms with Crippen molar-refractivity contribution in [2.75, 3.05) is 6.61 Å². The van der Waals surface area contributed by atoms with E-state index < -0.39 is 5.82 Å². The largest absolute Gasteiger partial charge is 0.378 e. The molecule has 1 unspecified atom stereocenters. The normalized spacial score (nSPS) is 20.0. The van der Waals surface area contributed by atoms with Gasteiger partial charge in [0.15, 0.2) is 5.78 Å². The number of rotatable bonds is 3. The van der Waals surface area contributed by atoms with Gasteiger partial charge in [0.25, 0.3) is 0 Å². The second-order valence-corrected chi connectivity index (χ2v) is 4.25. The van der Waals surface area contributed by atoms with Crippen LogP contribution in [-0.4, -0.2) is 18.5 Å². The third kappa shape index (κ3) is 2.47. The van der Waals surface area contributed by atoms with Crippen LogP contribution in [0.15, 0.2) is 18.2 Å². The number of hydrogen-bond acceptors (Lipinski definition) is 2. The van der Waals surface area contributed by atoms with Crippen LogP contribution in [0, 0.1) is 12.7 Å². The highest BCUT2D eigenvalue weighted by Crippen LogP contribution is 2.19. The van der Waals surface area contributed by atoms with E-state index in [0.29, 0.717) is 13.0 Å². The predicted octanol–water partition coefficient (Wildman–Crippen LogP) is 2.89. The monoisotopic (exact) mass is 222 g/mol. The Kier molecular flexibility index (Phi) is 3.34. The molecule has 1 saturated heterocycles. The van der Waals surface area contributed by atoms with Crippen molar-refractivity contribution in [1.29, 1.82) is 0 Å². The Balaban J connectivity index is 2.10. The van der Waals surface area contributed by atoms with Gasteiger partial charge < -0.3 is 4.74 Å². The van der Waals surface area contributed by atoms with Crippen LogP contribution in [0.1, 0.15) is 35.2 Å². The molecule has 0 bridgehead atoms. The molecule has 1 aromatic carbocycles. The molecule has 0 spiro atoms. The summed E-state index contributed by atoms with van der Waals surface area (Å²) in [4.78, 5) is 11.9. The average molecular weight is 222 g/mol. The lowest BCUT2D eigenvalue weighted by Crippen LogP contribution is -2.13. The zero-order valence-electron chi connectivity index (χ0n) is 9.33. The number of aryl methyl sites for hydroxylation is 1. The lowest BCUT2D eigenvalue weighted by atomic mass is 10.0. The molecule has 0 radical (unpaired) electrons. The number of carbonyl (C=O) groups excluding carboxylic acids is 1. The molecule has 3 heteroatoms. The van der Waals surface area contributed by atoms with Gasteiger partial charge in [-0.15, -0.1) is 0 Å².